The van der Waals surface area contributed by atoms with E-state index in [0.29, 0.717) is 19.0 Å². The molecule has 0 saturated carbocycles. The predicted molar refractivity (Wildman–Crippen MR) is 95.8 cm³/mol. The molecule has 6 nitrogen and oxygen atoms in total. The molecule has 138 valence electrons. The highest BCUT2D eigenvalue weighted by atomic mass is 19.1. The molecule has 1 amide bonds. The summed E-state index contributed by atoms with van der Waals surface area (Å²) in [6.45, 7) is 2.00. The Morgan fingerprint density at radius 3 is 2.68 bits per heavy atom. The van der Waals surface area contributed by atoms with Crippen LogP contribution in [0.25, 0.3) is 0 Å². The van der Waals surface area contributed by atoms with E-state index in [0.717, 1.165) is 25.0 Å². The van der Waals surface area contributed by atoms with Gasteiger partial charge in [0.15, 0.2) is 5.96 Å². The summed E-state index contributed by atoms with van der Waals surface area (Å²) in [4.78, 5) is 17.8. The van der Waals surface area contributed by atoms with E-state index in [1.807, 2.05) is 0 Å². The standard InChI is InChI=1S/C18H27FN4O2/c1-23(2)17(24)13-22-18(21-12-16-5-3-4-10-25-16)20-11-14-6-8-15(19)9-7-14/h6-9,16H,3-5,10-13H2,1-2H3,(H2,20,21,22). The Morgan fingerprint density at radius 2 is 2.04 bits per heavy atom. The Labute approximate surface area is 148 Å². The number of carbonyl (C=O) groups excluding carboxylic acids is 1. The summed E-state index contributed by atoms with van der Waals surface area (Å²) in [5.41, 5.74) is 0.898. The lowest BCUT2D eigenvalue weighted by Crippen LogP contribution is -2.45. The van der Waals surface area contributed by atoms with Gasteiger partial charge in [-0.15, -0.1) is 0 Å². The Bertz CT molecular complexity index is 569. The first kappa shape index (κ1) is 19.2. The molecule has 1 aliphatic rings. The average molecular weight is 350 g/mol. The van der Waals surface area contributed by atoms with Crippen LogP contribution in [0.4, 0.5) is 4.39 Å². The minimum Gasteiger partial charge on any atom is -0.376 e. The zero-order valence-corrected chi connectivity index (χ0v) is 14.9. The van der Waals surface area contributed by atoms with Crippen LogP contribution in [0.15, 0.2) is 29.3 Å². The Morgan fingerprint density at radius 1 is 1.28 bits per heavy atom. The average Bonchev–Trinajstić information content (AvgIpc) is 2.63. The summed E-state index contributed by atoms with van der Waals surface area (Å²) in [6, 6.07) is 6.23. The number of hydrogen-bond donors (Lipinski definition) is 2. The number of nitrogens with zero attached hydrogens (tertiary/aromatic N) is 2. The van der Waals surface area contributed by atoms with Gasteiger partial charge in [0.2, 0.25) is 5.91 Å². The smallest absolute Gasteiger partial charge is 0.241 e. The van der Waals surface area contributed by atoms with Crippen LogP contribution in [0.3, 0.4) is 0 Å². The number of rotatable bonds is 6. The maximum absolute atomic E-state index is 13.0. The molecule has 0 aromatic heterocycles. The van der Waals surface area contributed by atoms with Crippen LogP contribution in [-0.2, 0) is 16.1 Å². The Balaban J connectivity index is 1.92. The molecular weight excluding hydrogens is 323 g/mol. The molecule has 1 saturated heterocycles. The van der Waals surface area contributed by atoms with Crippen LogP contribution < -0.4 is 10.6 Å². The minimum absolute atomic E-state index is 0.0369. The molecule has 0 spiro atoms. The molecule has 1 fully saturated rings. The van der Waals surface area contributed by atoms with Crippen molar-refractivity contribution in [3.8, 4) is 0 Å². The van der Waals surface area contributed by atoms with Gasteiger partial charge < -0.3 is 20.3 Å². The lowest BCUT2D eigenvalue weighted by molar-refractivity contribution is -0.127. The minimum atomic E-state index is -0.268. The second-order valence-corrected chi connectivity index (χ2v) is 6.30. The van der Waals surface area contributed by atoms with E-state index in [9.17, 15) is 9.18 Å². The fraction of sp³-hybridized carbons (Fsp3) is 0.556. The second kappa shape index (κ2) is 9.98. The summed E-state index contributed by atoms with van der Waals surface area (Å²) in [5, 5.41) is 6.27. The van der Waals surface area contributed by atoms with E-state index < -0.39 is 0 Å². The predicted octanol–water partition coefficient (Wildman–Crippen LogP) is 1.52. The topological polar surface area (TPSA) is 66.0 Å². The number of hydrogen-bond acceptors (Lipinski definition) is 3. The van der Waals surface area contributed by atoms with E-state index in [2.05, 4.69) is 15.6 Å². The SMILES string of the molecule is CN(C)C(=O)CNC(=NCc1ccc(F)cc1)NCC1CCCCO1. The molecular formula is C18H27FN4O2. The molecule has 0 aliphatic carbocycles. The molecule has 1 aromatic carbocycles. The molecule has 1 aromatic rings. The van der Waals surface area contributed by atoms with Gasteiger partial charge in [0, 0.05) is 27.2 Å². The third kappa shape index (κ3) is 7.09. The third-order valence-corrected chi connectivity index (χ3v) is 4.01. The summed E-state index contributed by atoms with van der Waals surface area (Å²) in [7, 11) is 3.42. The number of likely N-dealkylation sites (N-methyl/N-ethyl adjacent to an activating group) is 1. The fourth-order valence-electron chi connectivity index (χ4n) is 2.43. The van der Waals surface area contributed by atoms with Gasteiger partial charge >= 0.3 is 0 Å². The fourth-order valence-corrected chi connectivity index (χ4v) is 2.43. The molecule has 1 heterocycles. The van der Waals surface area contributed by atoms with Crippen molar-refractivity contribution in [2.24, 2.45) is 4.99 Å². The van der Waals surface area contributed by atoms with Gasteiger partial charge in [-0.25, -0.2) is 9.38 Å². The van der Waals surface area contributed by atoms with E-state index in [-0.39, 0.29) is 24.4 Å². The van der Waals surface area contributed by atoms with Gasteiger partial charge in [-0.05, 0) is 37.0 Å². The normalized spacial score (nSPS) is 17.9. The number of halogens is 1. The summed E-state index contributed by atoms with van der Waals surface area (Å²) in [6.07, 6.45) is 3.46. The van der Waals surface area contributed by atoms with Crippen molar-refractivity contribution in [1.82, 2.24) is 15.5 Å². The highest BCUT2D eigenvalue weighted by Gasteiger charge is 2.14. The molecule has 2 rings (SSSR count). The molecule has 25 heavy (non-hydrogen) atoms. The molecule has 1 atom stereocenters. The van der Waals surface area contributed by atoms with Crippen molar-refractivity contribution >= 4 is 11.9 Å². The van der Waals surface area contributed by atoms with Crippen molar-refractivity contribution in [2.75, 3.05) is 33.8 Å². The van der Waals surface area contributed by atoms with Crippen molar-refractivity contribution < 1.29 is 13.9 Å². The molecule has 7 heteroatoms. The Hall–Kier alpha value is -2.15. The number of carbonyl (C=O) groups is 1. The summed E-state index contributed by atoms with van der Waals surface area (Å²) < 4.78 is 18.7. The third-order valence-electron chi connectivity index (χ3n) is 4.01. The van der Waals surface area contributed by atoms with Crippen molar-refractivity contribution in [3.63, 3.8) is 0 Å². The first-order valence-corrected chi connectivity index (χ1v) is 8.63. The first-order valence-electron chi connectivity index (χ1n) is 8.63. The van der Waals surface area contributed by atoms with Gasteiger partial charge in [0.05, 0.1) is 19.2 Å². The number of nitrogens with one attached hydrogen (secondary N) is 2. The van der Waals surface area contributed by atoms with Crippen LogP contribution >= 0.6 is 0 Å². The molecule has 1 aliphatic heterocycles. The molecule has 2 N–H and O–H groups in total. The number of ether oxygens (including phenoxy) is 1. The zero-order chi connectivity index (χ0) is 18.1. The first-order chi connectivity index (χ1) is 12.0. The van der Waals surface area contributed by atoms with E-state index in [1.165, 1.54) is 23.5 Å². The molecule has 0 bridgehead atoms. The quantitative estimate of drug-likeness (QED) is 0.603. The van der Waals surface area contributed by atoms with Gasteiger partial charge in [0.25, 0.3) is 0 Å². The number of benzene rings is 1. The second-order valence-electron chi connectivity index (χ2n) is 6.30. The number of guanidine groups is 1. The molecule has 1 unspecified atom stereocenters. The van der Waals surface area contributed by atoms with Crippen LogP contribution in [0, 0.1) is 5.82 Å². The lowest BCUT2D eigenvalue weighted by atomic mass is 10.1. The van der Waals surface area contributed by atoms with E-state index >= 15 is 0 Å². The van der Waals surface area contributed by atoms with E-state index in [1.54, 1.807) is 26.2 Å². The van der Waals surface area contributed by atoms with Gasteiger partial charge in [-0.3, -0.25) is 4.79 Å². The highest BCUT2D eigenvalue weighted by Crippen LogP contribution is 2.11. The summed E-state index contributed by atoms with van der Waals surface area (Å²) >= 11 is 0. The van der Waals surface area contributed by atoms with Crippen LogP contribution in [0.1, 0.15) is 24.8 Å². The maximum Gasteiger partial charge on any atom is 0.241 e. The largest absolute Gasteiger partial charge is 0.376 e. The van der Waals surface area contributed by atoms with Crippen molar-refractivity contribution in [2.45, 2.75) is 31.9 Å². The highest BCUT2D eigenvalue weighted by molar-refractivity contribution is 5.86. The lowest BCUT2D eigenvalue weighted by Gasteiger charge is -2.24. The zero-order valence-electron chi connectivity index (χ0n) is 14.9. The number of aliphatic imine (C=N–C) groups is 1. The van der Waals surface area contributed by atoms with E-state index in [4.69, 9.17) is 4.74 Å². The summed E-state index contributed by atoms with van der Waals surface area (Å²) in [5.74, 6) is 0.245. The van der Waals surface area contributed by atoms with Crippen LogP contribution in [-0.4, -0.2) is 56.7 Å². The number of amides is 1. The Kier molecular flexibility index (Phi) is 7.66. The van der Waals surface area contributed by atoms with Crippen molar-refractivity contribution in [1.29, 1.82) is 0 Å². The van der Waals surface area contributed by atoms with Gasteiger partial charge in [0.1, 0.15) is 5.82 Å². The van der Waals surface area contributed by atoms with Crippen LogP contribution in [0.5, 0.6) is 0 Å². The van der Waals surface area contributed by atoms with Gasteiger partial charge in [-0.2, -0.15) is 0 Å². The maximum atomic E-state index is 13.0. The van der Waals surface area contributed by atoms with Gasteiger partial charge in [-0.1, -0.05) is 12.1 Å². The van der Waals surface area contributed by atoms with Crippen LogP contribution in [0.2, 0.25) is 0 Å². The monoisotopic (exact) mass is 350 g/mol. The van der Waals surface area contributed by atoms with Crippen molar-refractivity contribution in [3.05, 3.63) is 35.6 Å². The molecule has 0 radical (unpaired) electrons.